The lowest BCUT2D eigenvalue weighted by Gasteiger charge is -2.20. The van der Waals surface area contributed by atoms with Gasteiger partial charge in [-0.05, 0) is 26.2 Å². The summed E-state index contributed by atoms with van der Waals surface area (Å²) in [5, 5.41) is 0. The fraction of sp³-hybridized carbons (Fsp3) is 0.812. The van der Waals surface area contributed by atoms with E-state index in [1.807, 2.05) is 6.92 Å². The fourth-order valence-electron chi connectivity index (χ4n) is 1.87. The lowest BCUT2D eigenvalue weighted by atomic mass is 9.97. The minimum absolute atomic E-state index is 0.00941. The fourth-order valence-corrected chi connectivity index (χ4v) is 1.87. The number of esters is 1. The van der Waals surface area contributed by atoms with Crippen molar-refractivity contribution in [3.8, 4) is 0 Å². The normalized spacial score (nSPS) is 14.0. The highest BCUT2D eigenvalue weighted by Gasteiger charge is 2.16. The van der Waals surface area contributed by atoms with Crippen LogP contribution in [0.4, 0.5) is 0 Å². The van der Waals surface area contributed by atoms with Crippen molar-refractivity contribution in [1.29, 1.82) is 0 Å². The Kier molecular flexibility index (Phi) is 9.72. The van der Waals surface area contributed by atoms with E-state index in [0.717, 1.165) is 6.42 Å². The molecular formula is C16H30O2. The largest absolute Gasteiger partial charge is 0.459 e. The molecule has 2 nitrogen and oxygen atoms in total. The van der Waals surface area contributed by atoms with Crippen LogP contribution in [0, 0.1) is 5.92 Å². The highest BCUT2D eigenvalue weighted by Crippen LogP contribution is 2.17. The molecule has 0 aromatic heterocycles. The number of ether oxygens (including phenoxy) is 1. The van der Waals surface area contributed by atoms with Crippen LogP contribution in [0.25, 0.3) is 0 Å². The molecule has 2 unspecified atom stereocenters. The molecule has 0 aliphatic carbocycles. The summed E-state index contributed by atoms with van der Waals surface area (Å²) in [6.45, 7) is 11.7. The Morgan fingerprint density at radius 1 is 1.11 bits per heavy atom. The molecule has 0 aromatic rings. The second-order valence-electron chi connectivity index (χ2n) is 5.42. The predicted molar refractivity (Wildman–Crippen MR) is 77.5 cm³/mol. The van der Waals surface area contributed by atoms with Gasteiger partial charge in [0.25, 0.3) is 0 Å². The molecule has 0 aliphatic heterocycles. The minimum Gasteiger partial charge on any atom is -0.459 e. The van der Waals surface area contributed by atoms with Gasteiger partial charge < -0.3 is 4.74 Å². The Balaban J connectivity index is 3.65. The average molecular weight is 254 g/mol. The third kappa shape index (κ3) is 8.32. The van der Waals surface area contributed by atoms with Gasteiger partial charge in [0.15, 0.2) is 0 Å². The zero-order valence-electron chi connectivity index (χ0n) is 12.6. The quantitative estimate of drug-likeness (QED) is 0.315. The molecule has 0 N–H and O–H groups in total. The zero-order valence-corrected chi connectivity index (χ0v) is 12.6. The van der Waals surface area contributed by atoms with Gasteiger partial charge in [0, 0.05) is 5.57 Å². The summed E-state index contributed by atoms with van der Waals surface area (Å²) in [5.74, 6) is 0.164. The van der Waals surface area contributed by atoms with Gasteiger partial charge in [-0.1, -0.05) is 59.0 Å². The molecule has 0 saturated heterocycles. The van der Waals surface area contributed by atoms with Gasteiger partial charge in [-0.25, -0.2) is 4.79 Å². The molecule has 0 saturated carbocycles. The summed E-state index contributed by atoms with van der Waals surface area (Å²) in [6.07, 6.45) is 8.99. The summed E-state index contributed by atoms with van der Waals surface area (Å²) < 4.78 is 5.33. The van der Waals surface area contributed by atoms with Crippen LogP contribution in [0.3, 0.4) is 0 Å². The highest BCUT2D eigenvalue weighted by molar-refractivity contribution is 5.87. The third-order valence-electron chi connectivity index (χ3n) is 3.46. The van der Waals surface area contributed by atoms with Gasteiger partial charge >= 0.3 is 5.97 Å². The van der Waals surface area contributed by atoms with Crippen molar-refractivity contribution < 1.29 is 9.53 Å². The average Bonchev–Trinajstić information content (AvgIpc) is 2.32. The first kappa shape index (κ1) is 17.2. The second-order valence-corrected chi connectivity index (χ2v) is 5.42. The maximum atomic E-state index is 11.4. The van der Waals surface area contributed by atoms with Gasteiger partial charge in [-0.3, -0.25) is 0 Å². The van der Waals surface area contributed by atoms with Gasteiger partial charge in [-0.15, -0.1) is 0 Å². The first-order valence-corrected chi connectivity index (χ1v) is 7.35. The van der Waals surface area contributed by atoms with E-state index in [1.54, 1.807) is 6.92 Å². The van der Waals surface area contributed by atoms with Gasteiger partial charge in [0.05, 0.1) is 0 Å². The van der Waals surface area contributed by atoms with Crippen molar-refractivity contribution >= 4 is 5.97 Å². The Labute approximate surface area is 113 Å². The van der Waals surface area contributed by atoms with Crippen LogP contribution in [0.1, 0.15) is 72.6 Å². The maximum Gasteiger partial charge on any atom is 0.333 e. The summed E-state index contributed by atoms with van der Waals surface area (Å²) in [5.41, 5.74) is 0.480. The lowest BCUT2D eigenvalue weighted by Crippen LogP contribution is -2.22. The summed E-state index contributed by atoms with van der Waals surface area (Å²) >= 11 is 0. The van der Waals surface area contributed by atoms with Crippen LogP contribution in [-0.4, -0.2) is 12.1 Å². The number of hydrogen-bond acceptors (Lipinski definition) is 2. The minimum atomic E-state index is -0.266. The number of hydrogen-bond donors (Lipinski definition) is 0. The molecule has 0 spiro atoms. The van der Waals surface area contributed by atoms with Crippen molar-refractivity contribution in [2.24, 2.45) is 5.92 Å². The zero-order chi connectivity index (χ0) is 14.0. The first-order valence-electron chi connectivity index (χ1n) is 7.35. The Hall–Kier alpha value is -0.790. The summed E-state index contributed by atoms with van der Waals surface area (Å²) in [6, 6.07) is 0. The van der Waals surface area contributed by atoms with Crippen molar-refractivity contribution in [3.05, 3.63) is 12.2 Å². The van der Waals surface area contributed by atoms with E-state index in [-0.39, 0.29) is 12.1 Å². The molecule has 0 radical (unpaired) electrons. The van der Waals surface area contributed by atoms with E-state index >= 15 is 0 Å². The summed E-state index contributed by atoms with van der Waals surface area (Å²) in [4.78, 5) is 11.4. The van der Waals surface area contributed by atoms with E-state index < -0.39 is 0 Å². The smallest absolute Gasteiger partial charge is 0.333 e. The number of carbonyl (C=O) groups is 1. The van der Waals surface area contributed by atoms with Gasteiger partial charge in [0.1, 0.15) is 6.10 Å². The van der Waals surface area contributed by atoms with Gasteiger partial charge in [-0.2, -0.15) is 0 Å². The molecule has 2 heteroatoms. The van der Waals surface area contributed by atoms with Gasteiger partial charge in [0.2, 0.25) is 0 Å². The third-order valence-corrected chi connectivity index (χ3v) is 3.46. The molecule has 106 valence electrons. The molecule has 0 amide bonds. The predicted octanol–water partition coefficient (Wildman–Crippen LogP) is 4.88. The standard InChI is InChI=1S/C16H30O2/c1-6-7-8-9-10-11-12-14(4)15(5)18-16(17)13(2)3/h14-15H,2,6-12H2,1,3-5H3. The van der Waals surface area contributed by atoms with E-state index in [4.69, 9.17) is 4.74 Å². The Morgan fingerprint density at radius 3 is 2.22 bits per heavy atom. The van der Waals surface area contributed by atoms with E-state index in [9.17, 15) is 4.79 Å². The molecular weight excluding hydrogens is 224 g/mol. The molecule has 0 aliphatic rings. The van der Waals surface area contributed by atoms with Crippen LogP contribution in [0.5, 0.6) is 0 Å². The molecule has 0 aromatic carbocycles. The van der Waals surface area contributed by atoms with Crippen LogP contribution in [-0.2, 0) is 9.53 Å². The molecule has 2 atom stereocenters. The van der Waals surface area contributed by atoms with E-state index in [1.165, 1.54) is 38.5 Å². The van der Waals surface area contributed by atoms with Crippen LogP contribution < -0.4 is 0 Å². The number of rotatable bonds is 10. The SMILES string of the molecule is C=C(C)C(=O)OC(C)C(C)CCCCCCCC. The highest BCUT2D eigenvalue weighted by atomic mass is 16.5. The summed E-state index contributed by atoms with van der Waals surface area (Å²) in [7, 11) is 0. The molecule has 0 fully saturated rings. The Bertz CT molecular complexity index is 245. The molecule has 0 rings (SSSR count). The maximum absolute atomic E-state index is 11.4. The first-order chi connectivity index (χ1) is 8.49. The van der Waals surface area contributed by atoms with Crippen molar-refractivity contribution in [1.82, 2.24) is 0 Å². The van der Waals surface area contributed by atoms with Crippen molar-refractivity contribution in [3.63, 3.8) is 0 Å². The molecule has 0 heterocycles. The molecule has 0 bridgehead atoms. The van der Waals surface area contributed by atoms with Crippen molar-refractivity contribution in [2.45, 2.75) is 78.7 Å². The van der Waals surface area contributed by atoms with Crippen LogP contribution in [0.15, 0.2) is 12.2 Å². The van der Waals surface area contributed by atoms with E-state index in [2.05, 4.69) is 20.4 Å². The van der Waals surface area contributed by atoms with Crippen LogP contribution in [0.2, 0.25) is 0 Å². The molecule has 18 heavy (non-hydrogen) atoms. The van der Waals surface area contributed by atoms with Crippen molar-refractivity contribution in [2.75, 3.05) is 0 Å². The van der Waals surface area contributed by atoms with Crippen LogP contribution >= 0.6 is 0 Å². The second kappa shape index (κ2) is 10.2. The lowest BCUT2D eigenvalue weighted by molar-refractivity contribution is -0.145. The monoisotopic (exact) mass is 254 g/mol. The topological polar surface area (TPSA) is 26.3 Å². The Morgan fingerprint density at radius 2 is 1.67 bits per heavy atom. The number of carbonyl (C=O) groups excluding carboxylic acids is 1. The number of unbranched alkanes of at least 4 members (excludes halogenated alkanes) is 5. The van der Waals surface area contributed by atoms with E-state index in [0.29, 0.717) is 11.5 Å².